The fourth-order valence-corrected chi connectivity index (χ4v) is 3.55. The van der Waals surface area contributed by atoms with Gasteiger partial charge in [-0.25, -0.2) is 19.4 Å². The first kappa shape index (κ1) is 30.0. The van der Waals surface area contributed by atoms with Gasteiger partial charge in [0.2, 0.25) is 0 Å². The molecule has 0 unspecified atom stereocenters. The summed E-state index contributed by atoms with van der Waals surface area (Å²) in [4.78, 5) is 57.0. The lowest BCUT2D eigenvalue weighted by Gasteiger charge is -2.23. The first-order chi connectivity index (χ1) is 19.9. The summed E-state index contributed by atoms with van der Waals surface area (Å²) in [6, 6.07) is 6.76. The van der Waals surface area contributed by atoms with Crippen molar-refractivity contribution in [2.75, 3.05) is 11.9 Å². The lowest BCUT2D eigenvalue weighted by atomic mass is 10.2. The molecule has 0 bridgehead atoms. The molecule has 0 aliphatic heterocycles. The molecule has 0 aliphatic rings. The first-order valence-electron chi connectivity index (χ1n) is 11.5. The van der Waals surface area contributed by atoms with Crippen molar-refractivity contribution in [3.05, 3.63) is 88.5 Å². The number of rotatable bonds is 9. The molecule has 13 nitrogen and oxygen atoms in total. The molecule has 0 aromatic carbocycles. The standard InChI is InChI=1S/C23H17ClF5N9O4/c24-17-8-33-19(34-11-22(25,26)16-5-1-2-6-32-16)20(40)36(17)10-18(39)38(42-21(41)23(27,28)29)9-14-15(4-3-7-31-14)37-13-30-12-35-37/h1-8,12-13H,9-11H2,(H,33,34). The molecule has 4 rings (SSSR count). The van der Waals surface area contributed by atoms with Crippen molar-refractivity contribution in [2.45, 2.75) is 25.2 Å². The van der Waals surface area contributed by atoms with Gasteiger partial charge in [-0.1, -0.05) is 17.7 Å². The zero-order valence-electron chi connectivity index (χ0n) is 20.9. The van der Waals surface area contributed by atoms with E-state index in [-0.39, 0.29) is 16.4 Å². The lowest BCUT2D eigenvalue weighted by molar-refractivity contribution is -0.239. The number of nitrogens with one attached hydrogen (secondary N) is 1. The summed E-state index contributed by atoms with van der Waals surface area (Å²) in [6.45, 7) is -3.03. The van der Waals surface area contributed by atoms with E-state index in [1.54, 1.807) is 0 Å². The Morgan fingerprint density at radius 2 is 1.81 bits per heavy atom. The molecule has 0 fully saturated rings. The number of halogens is 6. The van der Waals surface area contributed by atoms with Gasteiger partial charge in [0.1, 0.15) is 36.6 Å². The second-order valence-electron chi connectivity index (χ2n) is 8.21. The van der Waals surface area contributed by atoms with Crippen LogP contribution in [0.3, 0.4) is 0 Å². The van der Waals surface area contributed by atoms with Gasteiger partial charge in [-0.2, -0.15) is 32.1 Å². The van der Waals surface area contributed by atoms with Crippen LogP contribution in [0.2, 0.25) is 5.15 Å². The predicted octanol–water partition coefficient (Wildman–Crippen LogP) is 2.52. The molecule has 4 aromatic heterocycles. The third kappa shape index (κ3) is 7.00. The van der Waals surface area contributed by atoms with Crippen LogP contribution in [-0.2, 0) is 33.4 Å². The van der Waals surface area contributed by atoms with Crippen LogP contribution in [0.5, 0.6) is 0 Å². The van der Waals surface area contributed by atoms with E-state index in [1.165, 1.54) is 47.8 Å². The van der Waals surface area contributed by atoms with E-state index in [9.17, 15) is 36.3 Å². The monoisotopic (exact) mass is 613 g/mol. The number of hydrogen-bond donors (Lipinski definition) is 1. The molecule has 42 heavy (non-hydrogen) atoms. The number of aromatic nitrogens is 7. The minimum Gasteiger partial charge on any atom is -0.359 e. The minimum absolute atomic E-state index is 0.0319. The summed E-state index contributed by atoms with van der Waals surface area (Å²) in [5.41, 5.74) is -1.66. The molecule has 0 saturated carbocycles. The van der Waals surface area contributed by atoms with Gasteiger partial charge in [-0.3, -0.25) is 24.1 Å². The van der Waals surface area contributed by atoms with Crippen LogP contribution in [0.15, 0.2) is 66.4 Å². The quantitative estimate of drug-likeness (QED) is 0.220. The maximum absolute atomic E-state index is 14.5. The van der Waals surface area contributed by atoms with Crippen LogP contribution < -0.4 is 10.9 Å². The number of carbonyl (C=O) groups is 2. The summed E-state index contributed by atoms with van der Waals surface area (Å²) in [6.07, 6.45) is 0.186. The largest absolute Gasteiger partial charge is 0.493 e. The zero-order chi connectivity index (χ0) is 30.5. The normalized spacial score (nSPS) is 11.7. The average molecular weight is 614 g/mol. The molecule has 4 heterocycles. The average Bonchev–Trinajstić information content (AvgIpc) is 3.49. The molecule has 4 aromatic rings. The van der Waals surface area contributed by atoms with E-state index >= 15 is 0 Å². The third-order valence-electron chi connectivity index (χ3n) is 5.34. The number of carbonyl (C=O) groups excluding carboxylic acids is 2. The molecule has 0 atom stereocenters. The lowest BCUT2D eigenvalue weighted by Crippen LogP contribution is -2.41. The molecular formula is C23H17ClF5N9O4. The van der Waals surface area contributed by atoms with Crippen molar-refractivity contribution in [3.8, 4) is 5.69 Å². The Morgan fingerprint density at radius 3 is 2.48 bits per heavy atom. The van der Waals surface area contributed by atoms with E-state index < -0.39 is 65.8 Å². The topological polar surface area (TPSA) is 150 Å². The number of anilines is 1. The van der Waals surface area contributed by atoms with E-state index in [0.717, 1.165) is 18.5 Å². The minimum atomic E-state index is -5.49. The smallest absolute Gasteiger partial charge is 0.359 e. The summed E-state index contributed by atoms with van der Waals surface area (Å²) in [5.74, 6) is -8.29. The van der Waals surface area contributed by atoms with Gasteiger partial charge in [-0.15, -0.1) is 0 Å². The molecule has 1 amide bonds. The van der Waals surface area contributed by atoms with Crippen LogP contribution in [-0.4, -0.2) is 63.9 Å². The van der Waals surface area contributed by atoms with Crippen molar-refractivity contribution in [1.29, 1.82) is 0 Å². The highest BCUT2D eigenvalue weighted by Crippen LogP contribution is 2.26. The molecule has 19 heteroatoms. The Labute approximate surface area is 236 Å². The van der Waals surface area contributed by atoms with E-state index in [0.29, 0.717) is 4.57 Å². The van der Waals surface area contributed by atoms with Gasteiger partial charge in [0.15, 0.2) is 5.82 Å². The molecule has 0 radical (unpaired) electrons. The van der Waals surface area contributed by atoms with E-state index in [1.807, 2.05) is 0 Å². The number of alkyl halides is 5. The van der Waals surface area contributed by atoms with Crippen molar-refractivity contribution in [3.63, 3.8) is 0 Å². The molecule has 0 spiro atoms. The summed E-state index contributed by atoms with van der Waals surface area (Å²) >= 11 is 5.99. The summed E-state index contributed by atoms with van der Waals surface area (Å²) in [7, 11) is 0. The summed E-state index contributed by atoms with van der Waals surface area (Å²) < 4.78 is 69.8. The third-order valence-corrected chi connectivity index (χ3v) is 5.65. The molecular weight excluding hydrogens is 597 g/mol. The van der Waals surface area contributed by atoms with Crippen molar-refractivity contribution >= 4 is 29.3 Å². The van der Waals surface area contributed by atoms with Crippen LogP contribution in [0, 0.1) is 0 Å². The second-order valence-corrected chi connectivity index (χ2v) is 8.60. The maximum atomic E-state index is 14.5. The highest BCUT2D eigenvalue weighted by Gasteiger charge is 2.43. The van der Waals surface area contributed by atoms with Crippen molar-refractivity contribution < 1.29 is 36.4 Å². The van der Waals surface area contributed by atoms with Crippen LogP contribution >= 0.6 is 11.6 Å². The van der Waals surface area contributed by atoms with Gasteiger partial charge in [-0.05, 0) is 24.3 Å². The SMILES string of the molecule is O=C(Cn1c(Cl)cnc(NCC(F)(F)c2ccccn2)c1=O)N(Cc1ncccc1-n1cncn1)OC(=O)C(F)(F)F. The molecule has 1 N–H and O–H groups in total. The number of pyridine rings is 2. The highest BCUT2D eigenvalue weighted by molar-refractivity contribution is 6.29. The molecule has 220 valence electrons. The van der Waals surface area contributed by atoms with Gasteiger partial charge < -0.3 is 10.2 Å². The molecule has 0 aliphatic carbocycles. The second kappa shape index (κ2) is 12.2. The van der Waals surface area contributed by atoms with Crippen LogP contribution in [0.1, 0.15) is 11.4 Å². The fourth-order valence-electron chi connectivity index (χ4n) is 3.37. The Morgan fingerprint density at radius 1 is 1.05 bits per heavy atom. The summed E-state index contributed by atoms with van der Waals surface area (Å²) in [5, 5.41) is 5.61. The Hall–Kier alpha value is -5.00. The Balaban J connectivity index is 1.60. The van der Waals surface area contributed by atoms with Crippen molar-refractivity contribution in [2.24, 2.45) is 0 Å². The van der Waals surface area contributed by atoms with Gasteiger partial charge in [0.05, 0.1) is 24.1 Å². The predicted molar refractivity (Wildman–Crippen MR) is 132 cm³/mol. The maximum Gasteiger partial charge on any atom is 0.493 e. The van der Waals surface area contributed by atoms with Crippen LogP contribution in [0.25, 0.3) is 5.69 Å². The van der Waals surface area contributed by atoms with E-state index in [4.69, 9.17) is 11.6 Å². The highest BCUT2D eigenvalue weighted by atomic mass is 35.5. The Bertz CT molecular complexity index is 1620. The molecule has 0 saturated heterocycles. The first-order valence-corrected chi connectivity index (χ1v) is 11.9. The number of hydrogen-bond acceptors (Lipinski definition) is 10. The van der Waals surface area contributed by atoms with Gasteiger partial charge in [0.25, 0.3) is 11.5 Å². The van der Waals surface area contributed by atoms with Gasteiger partial charge in [0, 0.05) is 12.4 Å². The number of amides is 1. The zero-order valence-corrected chi connectivity index (χ0v) is 21.6. The van der Waals surface area contributed by atoms with Gasteiger partial charge >= 0.3 is 18.1 Å². The Kier molecular flexibility index (Phi) is 8.74. The van der Waals surface area contributed by atoms with E-state index in [2.05, 4.69) is 35.2 Å². The van der Waals surface area contributed by atoms with Crippen molar-refractivity contribution in [1.82, 2.24) is 39.3 Å². The number of hydroxylamine groups is 2. The fraction of sp³-hybridized carbons (Fsp3) is 0.217. The number of nitrogens with zero attached hydrogens (tertiary/aromatic N) is 8. The van der Waals surface area contributed by atoms with Crippen LogP contribution in [0.4, 0.5) is 27.8 Å².